The van der Waals surface area contributed by atoms with E-state index >= 15 is 0 Å². The lowest BCUT2D eigenvalue weighted by Gasteiger charge is -2.35. The van der Waals surface area contributed by atoms with Crippen LogP contribution in [0.1, 0.15) is 278 Å². The monoisotopic (exact) mass is 948 g/mol. The highest BCUT2D eigenvalue weighted by molar-refractivity contribution is 5.75. The van der Waals surface area contributed by atoms with Crippen LogP contribution in [0.5, 0.6) is 0 Å². The van der Waals surface area contributed by atoms with Crippen molar-refractivity contribution >= 4 is 17.8 Å². The second kappa shape index (κ2) is 47.9. The summed E-state index contributed by atoms with van der Waals surface area (Å²) in [5, 5.41) is 13.4. The number of unbranched alkanes of at least 4 members (excludes halogenated alkanes) is 20. The number of esters is 2. The van der Waals surface area contributed by atoms with Crippen LogP contribution in [0.3, 0.4) is 0 Å². The van der Waals surface area contributed by atoms with E-state index in [4.69, 9.17) is 9.47 Å². The summed E-state index contributed by atoms with van der Waals surface area (Å²) in [6.07, 6.45) is 44.6. The summed E-state index contributed by atoms with van der Waals surface area (Å²) >= 11 is 0. The van der Waals surface area contributed by atoms with Gasteiger partial charge in [0, 0.05) is 57.4 Å². The Morgan fingerprint density at radius 1 is 0.478 bits per heavy atom. The molecule has 1 aliphatic carbocycles. The van der Waals surface area contributed by atoms with Gasteiger partial charge in [-0.05, 0) is 83.2 Å². The Kier molecular flexibility index (Phi) is 45.3. The summed E-state index contributed by atoms with van der Waals surface area (Å²) in [5.41, 5.74) is 0. The summed E-state index contributed by atoms with van der Waals surface area (Å²) in [7, 11) is 0. The molecule has 0 aromatic rings. The highest BCUT2D eigenvalue weighted by Gasteiger charge is 2.22. The molecule has 0 aromatic carbocycles. The number of carbonyl (C=O) groups is 3. The highest BCUT2D eigenvalue weighted by atomic mass is 16.5. The van der Waals surface area contributed by atoms with Gasteiger partial charge in [-0.15, -0.1) is 0 Å². The number of nitrogens with one attached hydrogen (secondary N) is 1. The maximum absolute atomic E-state index is 12.9. The van der Waals surface area contributed by atoms with Crippen LogP contribution < -0.4 is 5.32 Å². The molecule has 1 atom stereocenters. The first-order chi connectivity index (χ1) is 32.9. The van der Waals surface area contributed by atoms with E-state index in [1.807, 2.05) is 0 Å². The number of ether oxygens (including phenoxy) is 2. The molecular weight excluding hydrogens is 835 g/mol. The average Bonchev–Trinajstić information content (AvgIpc) is 3.31. The van der Waals surface area contributed by atoms with Crippen molar-refractivity contribution in [3.05, 3.63) is 0 Å². The lowest BCUT2D eigenvalue weighted by molar-refractivity contribution is -0.149. The summed E-state index contributed by atoms with van der Waals surface area (Å²) in [6, 6.07) is 0.599. The van der Waals surface area contributed by atoms with Gasteiger partial charge in [0.05, 0.1) is 19.8 Å². The third-order valence-electron chi connectivity index (χ3n) is 14.6. The van der Waals surface area contributed by atoms with Gasteiger partial charge in [-0.1, -0.05) is 195 Å². The second-order valence-corrected chi connectivity index (χ2v) is 20.9. The lowest BCUT2D eigenvalue weighted by Crippen LogP contribution is -2.43. The zero-order chi connectivity index (χ0) is 48.7. The van der Waals surface area contributed by atoms with E-state index in [9.17, 15) is 19.5 Å². The van der Waals surface area contributed by atoms with Crippen molar-refractivity contribution in [1.82, 2.24) is 15.1 Å². The molecule has 1 amide bonds. The molecule has 0 saturated heterocycles. The largest absolute Gasteiger partial charge is 0.465 e. The van der Waals surface area contributed by atoms with Gasteiger partial charge >= 0.3 is 11.9 Å². The molecule has 0 spiro atoms. The van der Waals surface area contributed by atoms with Crippen molar-refractivity contribution in [1.29, 1.82) is 0 Å². The molecule has 0 aromatic heterocycles. The van der Waals surface area contributed by atoms with Gasteiger partial charge < -0.3 is 19.9 Å². The average molecular weight is 949 g/mol. The first-order valence-corrected chi connectivity index (χ1v) is 29.5. The Bertz CT molecular complexity index is 1070. The molecule has 9 nitrogen and oxygen atoms in total. The van der Waals surface area contributed by atoms with Crippen molar-refractivity contribution in [2.45, 2.75) is 284 Å². The van der Waals surface area contributed by atoms with Gasteiger partial charge in [-0.2, -0.15) is 0 Å². The fourth-order valence-corrected chi connectivity index (χ4v) is 10.0. The molecule has 396 valence electrons. The molecular formula is C58H113N3O6. The van der Waals surface area contributed by atoms with Gasteiger partial charge in [0.2, 0.25) is 5.91 Å². The molecule has 1 aliphatic rings. The minimum Gasteiger partial charge on any atom is -0.465 e. The van der Waals surface area contributed by atoms with Gasteiger partial charge in [0.15, 0.2) is 0 Å². The van der Waals surface area contributed by atoms with E-state index in [1.165, 1.54) is 161 Å². The number of nitrogens with zero attached hydrogens (tertiary/aromatic N) is 2. The molecule has 0 bridgehead atoms. The van der Waals surface area contributed by atoms with E-state index in [-0.39, 0.29) is 30.4 Å². The Morgan fingerprint density at radius 3 is 1.46 bits per heavy atom. The van der Waals surface area contributed by atoms with Crippen molar-refractivity contribution in [3.63, 3.8) is 0 Å². The van der Waals surface area contributed by atoms with Gasteiger partial charge in [-0.25, -0.2) is 0 Å². The summed E-state index contributed by atoms with van der Waals surface area (Å²) in [5.74, 6) is 0.622. The van der Waals surface area contributed by atoms with Gasteiger partial charge in [0.1, 0.15) is 0 Å². The summed E-state index contributed by atoms with van der Waals surface area (Å²) < 4.78 is 11.6. The van der Waals surface area contributed by atoms with Crippen LogP contribution in [-0.2, 0) is 23.9 Å². The highest BCUT2D eigenvalue weighted by Crippen LogP contribution is 2.24. The Balaban J connectivity index is 2.65. The first kappa shape index (κ1) is 63.3. The smallest absolute Gasteiger partial charge is 0.305 e. The molecule has 1 unspecified atom stereocenters. The zero-order valence-electron chi connectivity index (χ0n) is 45.1. The minimum absolute atomic E-state index is 0.0227. The van der Waals surface area contributed by atoms with Crippen LogP contribution >= 0.6 is 0 Å². The third kappa shape index (κ3) is 39.7. The molecule has 1 saturated carbocycles. The van der Waals surface area contributed by atoms with Crippen molar-refractivity contribution in [3.8, 4) is 0 Å². The van der Waals surface area contributed by atoms with Crippen LogP contribution in [0.15, 0.2) is 0 Å². The van der Waals surface area contributed by atoms with Crippen LogP contribution in [0.4, 0.5) is 0 Å². The number of aliphatic hydroxyl groups is 1. The predicted octanol–water partition coefficient (Wildman–Crippen LogP) is 14.7. The Hall–Kier alpha value is -1.71. The van der Waals surface area contributed by atoms with E-state index in [0.717, 1.165) is 103 Å². The normalized spacial score (nSPS) is 14.1. The van der Waals surface area contributed by atoms with Crippen molar-refractivity contribution in [2.24, 2.45) is 11.8 Å². The van der Waals surface area contributed by atoms with Gasteiger partial charge in [-0.3, -0.25) is 24.2 Å². The first-order valence-electron chi connectivity index (χ1n) is 29.5. The van der Waals surface area contributed by atoms with Crippen LogP contribution in [0.25, 0.3) is 0 Å². The number of hydrogen-bond acceptors (Lipinski definition) is 8. The number of hydrogen-bond donors (Lipinski definition) is 2. The van der Waals surface area contributed by atoms with E-state index < -0.39 is 0 Å². The van der Waals surface area contributed by atoms with E-state index in [0.29, 0.717) is 51.0 Å². The SMILES string of the molecule is CCCCCCCCC(CCCCCC)CNC(=O)CCCCCCN(CCO)CCN(CCCCC(COC(=O)CCCCCCC)COC(=O)CCCCCCC)C1CCCCCCC1. The number of rotatable bonds is 48. The third-order valence-corrected chi connectivity index (χ3v) is 14.6. The Labute approximate surface area is 415 Å². The molecule has 1 rings (SSSR count). The fourth-order valence-electron chi connectivity index (χ4n) is 10.0. The maximum atomic E-state index is 12.9. The number of carbonyl (C=O) groups excluding carboxylic acids is 3. The molecule has 2 N–H and O–H groups in total. The standard InChI is InChI=1S/C58H113N3O6/c1-5-9-13-17-21-27-37-53(36-26-16-12-8-4)50-59-56(63)41-30-24-25-34-44-60(48-49-62)46-47-61(55-39-28-22-18-23-29-40-55)45-35-33-38-54(51-66-57(64)42-31-19-14-10-6-2)52-67-58(65)43-32-20-15-11-7-3/h53-55,62H,5-52H2,1-4H3,(H,59,63). The molecule has 0 heterocycles. The minimum atomic E-state index is -0.125. The van der Waals surface area contributed by atoms with Gasteiger partial charge in [0.25, 0.3) is 0 Å². The molecule has 0 aliphatic heterocycles. The summed E-state index contributed by atoms with van der Waals surface area (Å²) in [6.45, 7) is 15.3. The maximum Gasteiger partial charge on any atom is 0.305 e. The quantitative estimate of drug-likeness (QED) is 0.0459. The van der Waals surface area contributed by atoms with E-state index in [1.54, 1.807) is 0 Å². The Morgan fingerprint density at radius 2 is 0.910 bits per heavy atom. The second-order valence-electron chi connectivity index (χ2n) is 20.9. The van der Waals surface area contributed by atoms with E-state index in [2.05, 4.69) is 42.8 Å². The topological polar surface area (TPSA) is 108 Å². The van der Waals surface area contributed by atoms with Crippen LogP contribution in [0, 0.1) is 11.8 Å². The molecule has 0 radical (unpaired) electrons. The fraction of sp³-hybridized carbons (Fsp3) is 0.948. The predicted molar refractivity (Wildman–Crippen MR) is 284 cm³/mol. The van der Waals surface area contributed by atoms with Crippen molar-refractivity contribution < 1.29 is 29.0 Å². The van der Waals surface area contributed by atoms with Crippen LogP contribution in [0.2, 0.25) is 0 Å². The number of amides is 1. The molecule has 1 fully saturated rings. The molecule has 67 heavy (non-hydrogen) atoms. The number of aliphatic hydroxyl groups excluding tert-OH is 1. The zero-order valence-corrected chi connectivity index (χ0v) is 45.1. The van der Waals surface area contributed by atoms with Crippen molar-refractivity contribution in [2.75, 3.05) is 59.1 Å². The molecule has 9 heteroatoms. The lowest BCUT2D eigenvalue weighted by atomic mass is 9.94. The van der Waals surface area contributed by atoms with Crippen LogP contribution in [-0.4, -0.2) is 97.9 Å². The summed E-state index contributed by atoms with van der Waals surface area (Å²) in [4.78, 5) is 43.4.